The molecule has 1 aliphatic heterocycles. The topological polar surface area (TPSA) is 51.2 Å². The predicted octanol–water partition coefficient (Wildman–Crippen LogP) is 5.08. The number of nitrogens with zero attached hydrogens (tertiary/aromatic N) is 1. The number of ketones is 1. The summed E-state index contributed by atoms with van der Waals surface area (Å²) in [5, 5.41) is 5.75. The fraction of sp³-hybridized carbons (Fsp3) is 0.429. The first-order chi connectivity index (χ1) is 15.6. The number of rotatable bonds is 3. The first-order valence-corrected chi connectivity index (χ1v) is 11.9. The van der Waals surface area contributed by atoms with Gasteiger partial charge in [0.1, 0.15) is 11.9 Å². The van der Waals surface area contributed by atoms with Crippen molar-refractivity contribution in [2.75, 3.05) is 13.6 Å². The Labute approximate surface area is 189 Å². The molecular formula is C28H30N2O2. The van der Waals surface area contributed by atoms with Crippen LogP contribution in [0, 0.1) is 17.3 Å². The summed E-state index contributed by atoms with van der Waals surface area (Å²) in [7, 11) is 1.95. The molecule has 4 nitrogen and oxygen atoms in total. The molecule has 164 valence electrons. The number of hydrogen-bond donors (Lipinski definition) is 1. The molecule has 0 amide bonds. The number of pyridine rings is 1. The average Bonchev–Trinajstić information content (AvgIpc) is 3.15. The van der Waals surface area contributed by atoms with E-state index in [0.29, 0.717) is 24.2 Å². The van der Waals surface area contributed by atoms with E-state index in [2.05, 4.69) is 59.7 Å². The van der Waals surface area contributed by atoms with Crippen molar-refractivity contribution in [2.45, 2.75) is 44.6 Å². The highest BCUT2D eigenvalue weighted by Gasteiger charge is 2.53. The molecule has 3 aliphatic carbocycles. The van der Waals surface area contributed by atoms with Crippen LogP contribution in [-0.4, -0.2) is 30.5 Å². The van der Waals surface area contributed by atoms with Gasteiger partial charge in [0.2, 0.25) is 0 Å². The molecule has 1 aromatic heterocycles. The van der Waals surface area contributed by atoms with Crippen LogP contribution in [0.25, 0.3) is 10.8 Å². The number of fused-ring (bicyclic) bond motifs is 4. The van der Waals surface area contributed by atoms with E-state index in [4.69, 9.17) is 4.74 Å². The molecule has 6 rings (SSSR count). The van der Waals surface area contributed by atoms with Gasteiger partial charge in [-0.15, -0.1) is 0 Å². The van der Waals surface area contributed by atoms with E-state index in [1.807, 2.05) is 19.4 Å². The number of hydrogen-bond acceptors (Lipinski definition) is 4. The maximum Gasteiger partial charge on any atom is 0.166 e. The number of aromatic nitrogens is 1. The molecule has 2 aromatic rings. The maximum absolute atomic E-state index is 12.8. The summed E-state index contributed by atoms with van der Waals surface area (Å²) in [6.07, 6.45) is 14.4. The number of benzene rings is 1. The lowest BCUT2D eigenvalue weighted by Crippen LogP contribution is -2.41. The van der Waals surface area contributed by atoms with Crippen molar-refractivity contribution in [1.82, 2.24) is 10.3 Å². The van der Waals surface area contributed by atoms with Gasteiger partial charge in [-0.05, 0) is 72.4 Å². The molecule has 2 heterocycles. The second-order valence-electron chi connectivity index (χ2n) is 10.2. The number of allylic oxidation sites excluding steroid dienone is 4. The van der Waals surface area contributed by atoms with E-state index in [9.17, 15) is 4.79 Å². The van der Waals surface area contributed by atoms with Crippen molar-refractivity contribution in [3.63, 3.8) is 0 Å². The van der Waals surface area contributed by atoms with Crippen LogP contribution in [0.5, 0.6) is 0 Å². The van der Waals surface area contributed by atoms with Crippen LogP contribution in [0.2, 0.25) is 0 Å². The molecule has 1 unspecified atom stereocenters. The van der Waals surface area contributed by atoms with Crippen LogP contribution in [0.1, 0.15) is 44.1 Å². The molecule has 32 heavy (non-hydrogen) atoms. The molecule has 0 spiro atoms. The lowest BCUT2D eigenvalue weighted by atomic mass is 9.64. The Hall–Kier alpha value is -2.72. The molecular weight excluding hydrogens is 396 g/mol. The Kier molecular flexibility index (Phi) is 4.62. The summed E-state index contributed by atoms with van der Waals surface area (Å²) in [6.45, 7) is 3.26. The normalized spacial score (nSPS) is 33.4. The van der Waals surface area contributed by atoms with E-state index in [1.165, 1.54) is 21.9 Å². The minimum absolute atomic E-state index is 0.0284. The second kappa shape index (κ2) is 7.41. The summed E-state index contributed by atoms with van der Waals surface area (Å²) in [5.41, 5.74) is 3.44. The highest BCUT2D eigenvalue weighted by atomic mass is 16.5. The first kappa shape index (κ1) is 19.9. The smallest absolute Gasteiger partial charge is 0.166 e. The summed E-state index contributed by atoms with van der Waals surface area (Å²) in [4.78, 5) is 17.1. The highest BCUT2D eigenvalue weighted by Crippen LogP contribution is 2.60. The van der Waals surface area contributed by atoms with Crippen LogP contribution < -0.4 is 5.32 Å². The van der Waals surface area contributed by atoms with Crippen LogP contribution in [0.15, 0.2) is 71.8 Å². The average molecular weight is 427 g/mol. The summed E-state index contributed by atoms with van der Waals surface area (Å²) < 4.78 is 6.69. The summed E-state index contributed by atoms with van der Waals surface area (Å²) in [6, 6.07) is 8.77. The van der Waals surface area contributed by atoms with Gasteiger partial charge in [-0.2, -0.15) is 0 Å². The van der Waals surface area contributed by atoms with Gasteiger partial charge in [0.25, 0.3) is 0 Å². The molecule has 0 radical (unpaired) electrons. The minimum atomic E-state index is 0.0284. The third kappa shape index (κ3) is 2.92. The van der Waals surface area contributed by atoms with Gasteiger partial charge in [-0.25, -0.2) is 0 Å². The SMILES string of the molecule is CNCC1CC(=O)C2=C(C1)O[C@@H]1C(=C2)C=C[C@]2(C)[C@@H](c3cccc4cnccc34)CC[C@@H]12. The summed E-state index contributed by atoms with van der Waals surface area (Å²) in [5.74, 6) is 2.34. The standard InChI is InChI=1S/C28H30N2O2/c1-28-10-8-18-14-22-25(31)12-17(15-29-2)13-26(22)32-27(18)24(28)7-6-23(28)21-5-3-4-19-16-30-11-9-20(19)21/h3-5,8-11,14,16-17,23-24,27,29H,6-7,12-13,15H2,1-2H3/t17?,23-,24+,27-,28-/m1/s1. The molecule has 1 saturated carbocycles. The van der Waals surface area contributed by atoms with Crippen molar-refractivity contribution >= 4 is 16.6 Å². The summed E-state index contributed by atoms with van der Waals surface area (Å²) >= 11 is 0. The van der Waals surface area contributed by atoms with E-state index < -0.39 is 0 Å². The quantitative estimate of drug-likeness (QED) is 0.743. The molecule has 5 atom stereocenters. The number of carbonyl (C=O) groups is 1. The fourth-order valence-electron chi connectivity index (χ4n) is 6.77. The molecule has 4 aliphatic rings. The van der Waals surface area contributed by atoms with Gasteiger partial charge in [-0.3, -0.25) is 9.78 Å². The number of Topliss-reactive ketones (excluding diaryl/α,β-unsaturated/α-hetero) is 1. The Morgan fingerprint density at radius 2 is 2.12 bits per heavy atom. The van der Waals surface area contributed by atoms with Crippen molar-refractivity contribution < 1.29 is 9.53 Å². The molecule has 4 heteroatoms. The largest absolute Gasteiger partial charge is 0.489 e. The van der Waals surface area contributed by atoms with E-state index >= 15 is 0 Å². The van der Waals surface area contributed by atoms with Gasteiger partial charge >= 0.3 is 0 Å². The highest BCUT2D eigenvalue weighted by molar-refractivity contribution is 6.00. The van der Waals surface area contributed by atoms with E-state index in [0.717, 1.165) is 37.1 Å². The fourth-order valence-corrected chi connectivity index (χ4v) is 6.77. The first-order valence-electron chi connectivity index (χ1n) is 11.9. The van der Waals surface area contributed by atoms with Gasteiger partial charge in [0.15, 0.2) is 5.78 Å². The molecule has 0 bridgehead atoms. The van der Waals surface area contributed by atoms with E-state index in [1.54, 1.807) is 0 Å². The lowest BCUT2D eigenvalue weighted by molar-refractivity contribution is -0.117. The van der Waals surface area contributed by atoms with Crippen molar-refractivity contribution in [3.8, 4) is 0 Å². The van der Waals surface area contributed by atoms with Gasteiger partial charge in [0.05, 0.1) is 5.57 Å². The molecule has 1 fully saturated rings. The molecule has 1 aromatic carbocycles. The Morgan fingerprint density at radius 3 is 3.00 bits per heavy atom. The van der Waals surface area contributed by atoms with Crippen LogP contribution in [0.3, 0.4) is 0 Å². The van der Waals surface area contributed by atoms with Gasteiger partial charge < -0.3 is 10.1 Å². The number of carbonyl (C=O) groups excluding carboxylic acids is 1. The van der Waals surface area contributed by atoms with Gasteiger partial charge in [0, 0.05) is 36.5 Å². The van der Waals surface area contributed by atoms with E-state index in [-0.39, 0.29) is 17.3 Å². The number of nitrogens with one attached hydrogen (secondary N) is 1. The molecule has 0 saturated heterocycles. The monoisotopic (exact) mass is 426 g/mol. The maximum atomic E-state index is 12.8. The van der Waals surface area contributed by atoms with Crippen LogP contribution >= 0.6 is 0 Å². The Bertz CT molecular complexity index is 1190. The molecule has 1 N–H and O–H groups in total. The van der Waals surface area contributed by atoms with Crippen molar-refractivity contribution in [1.29, 1.82) is 0 Å². The zero-order chi connectivity index (χ0) is 21.9. The second-order valence-corrected chi connectivity index (χ2v) is 10.2. The minimum Gasteiger partial charge on any atom is -0.489 e. The van der Waals surface area contributed by atoms with Gasteiger partial charge in [-0.1, -0.05) is 37.3 Å². The Balaban J connectivity index is 1.36. The third-order valence-corrected chi connectivity index (χ3v) is 8.36. The zero-order valence-electron chi connectivity index (χ0n) is 18.8. The Morgan fingerprint density at radius 1 is 1.22 bits per heavy atom. The number of ether oxygens (including phenoxy) is 1. The lowest BCUT2D eigenvalue weighted by Gasteiger charge is -2.45. The van der Waals surface area contributed by atoms with Crippen LogP contribution in [-0.2, 0) is 9.53 Å². The van der Waals surface area contributed by atoms with Crippen molar-refractivity contribution in [2.24, 2.45) is 17.3 Å². The predicted molar refractivity (Wildman–Crippen MR) is 126 cm³/mol. The van der Waals surface area contributed by atoms with Crippen LogP contribution in [0.4, 0.5) is 0 Å². The van der Waals surface area contributed by atoms with Crippen molar-refractivity contribution in [3.05, 3.63) is 77.4 Å². The third-order valence-electron chi connectivity index (χ3n) is 8.36. The zero-order valence-corrected chi connectivity index (χ0v) is 18.8.